The zero-order valence-electron chi connectivity index (χ0n) is 9.92. The van der Waals surface area contributed by atoms with E-state index in [0.29, 0.717) is 6.04 Å². The Kier molecular flexibility index (Phi) is 2.01. The van der Waals surface area contributed by atoms with Crippen molar-refractivity contribution in [2.45, 2.75) is 69.6 Å². The van der Waals surface area contributed by atoms with Gasteiger partial charge in [0.05, 0.1) is 5.60 Å². The van der Waals surface area contributed by atoms with E-state index in [-0.39, 0.29) is 11.1 Å². The fourth-order valence-electron chi connectivity index (χ4n) is 5.00. The molecule has 0 saturated heterocycles. The van der Waals surface area contributed by atoms with Gasteiger partial charge in [-0.2, -0.15) is 0 Å². The third-order valence-corrected chi connectivity index (χ3v) is 4.63. The number of rotatable bonds is 2. The van der Waals surface area contributed by atoms with E-state index in [1.165, 1.54) is 19.3 Å². The largest absolute Gasteiger partial charge is 0.390 e. The summed E-state index contributed by atoms with van der Waals surface area (Å²) in [7, 11) is 0. The summed E-state index contributed by atoms with van der Waals surface area (Å²) in [5.74, 6) is 1.59. The van der Waals surface area contributed by atoms with Crippen molar-refractivity contribution < 1.29 is 5.11 Å². The van der Waals surface area contributed by atoms with Crippen molar-refractivity contribution in [2.24, 2.45) is 11.8 Å². The number of nitrogens with one attached hydrogen (secondary N) is 1. The molecule has 2 heteroatoms. The number of hydrogen-bond donors (Lipinski definition) is 2. The Bertz CT molecular complexity index is 254. The molecular formula is C13H23NO. The van der Waals surface area contributed by atoms with Crippen LogP contribution in [0.5, 0.6) is 0 Å². The second-order valence-electron chi connectivity index (χ2n) is 6.76. The molecule has 0 spiro atoms. The first kappa shape index (κ1) is 10.1. The van der Waals surface area contributed by atoms with Crippen LogP contribution in [-0.4, -0.2) is 22.3 Å². The highest BCUT2D eigenvalue weighted by atomic mass is 16.3. The summed E-state index contributed by atoms with van der Waals surface area (Å²) in [5.41, 5.74) is -0.0288. The lowest BCUT2D eigenvalue weighted by molar-refractivity contribution is -0.143. The molecule has 15 heavy (non-hydrogen) atoms. The molecule has 2 nitrogen and oxygen atoms in total. The van der Waals surface area contributed by atoms with Crippen LogP contribution >= 0.6 is 0 Å². The Hall–Kier alpha value is -0.0800. The molecule has 0 amide bonds. The van der Waals surface area contributed by atoms with E-state index in [1.54, 1.807) is 0 Å². The molecule has 2 N–H and O–H groups in total. The Morgan fingerprint density at radius 1 is 1.13 bits per heavy atom. The molecule has 4 bridgehead atoms. The van der Waals surface area contributed by atoms with Gasteiger partial charge in [-0.15, -0.1) is 0 Å². The summed E-state index contributed by atoms with van der Waals surface area (Å²) < 4.78 is 0. The first-order valence-electron chi connectivity index (χ1n) is 6.49. The van der Waals surface area contributed by atoms with E-state index in [4.69, 9.17) is 0 Å². The minimum absolute atomic E-state index is 0.285. The second kappa shape index (κ2) is 2.98. The summed E-state index contributed by atoms with van der Waals surface area (Å²) in [6, 6.07) is 0.546. The van der Waals surface area contributed by atoms with Crippen LogP contribution in [0.1, 0.15) is 52.4 Å². The predicted octanol–water partition coefficient (Wildman–Crippen LogP) is 2.07. The van der Waals surface area contributed by atoms with E-state index in [9.17, 15) is 5.11 Å². The van der Waals surface area contributed by atoms with Crippen molar-refractivity contribution in [3.8, 4) is 0 Å². The predicted molar refractivity (Wildman–Crippen MR) is 60.6 cm³/mol. The van der Waals surface area contributed by atoms with Gasteiger partial charge in [-0.3, -0.25) is 0 Å². The Labute approximate surface area is 92.4 Å². The molecular weight excluding hydrogens is 186 g/mol. The van der Waals surface area contributed by atoms with Gasteiger partial charge in [0.15, 0.2) is 0 Å². The maximum absolute atomic E-state index is 10.5. The van der Waals surface area contributed by atoms with Crippen LogP contribution in [0.15, 0.2) is 0 Å². The molecule has 4 fully saturated rings. The monoisotopic (exact) mass is 209 g/mol. The van der Waals surface area contributed by atoms with Crippen LogP contribution in [0.3, 0.4) is 0 Å². The molecule has 4 rings (SSSR count). The standard InChI is InChI=1S/C13H23NO/c1-9(2)14-12-4-10-3-11(5-12)7-13(15,6-10)8-12/h9-11,14-15H,3-8H2,1-2H3. The third-order valence-electron chi connectivity index (χ3n) is 4.63. The highest BCUT2D eigenvalue weighted by molar-refractivity contribution is 5.12. The highest BCUT2D eigenvalue weighted by Gasteiger charge is 2.57. The van der Waals surface area contributed by atoms with Gasteiger partial charge in [0.2, 0.25) is 0 Å². The normalized spacial score (nSPS) is 52.8. The third kappa shape index (κ3) is 1.62. The SMILES string of the molecule is CC(C)NC12CC3CC(CC(O)(C3)C1)C2. The van der Waals surface area contributed by atoms with E-state index < -0.39 is 0 Å². The molecule has 2 atom stereocenters. The van der Waals surface area contributed by atoms with Gasteiger partial charge in [-0.05, 0) is 50.4 Å². The average Bonchev–Trinajstić information content (AvgIpc) is 1.94. The average molecular weight is 209 g/mol. The van der Waals surface area contributed by atoms with Crippen molar-refractivity contribution >= 4 is 0 Å². The molecule has 86 valence electrons. The van der Waals surface area contributed by atoms with Crippen molar-refractivity contribution in [3.05, 3.63) is 0 Å². The van der Waals surface area contributed by atoms with Crippen molar-refractivity contribution in [2.75, 3.05) is 0 Å². The second-order valence-corrected chi connectivity index (χ2v) is 6.76. The van der Waals surface area contributed by atoms with Crippen LogP contribution < -0.4 is 5.32 Å². The molecule has 4 aliphatic carbocycles. The summed E-state index contributed by atoms with van der Waals surface area (Å²) in [6.07, 6.45) is 7.15. The van der Waals surface area contributed by atoms with Gasteiger partial charge in [0.25, 0.3) is 0 Å². The topological polar surface area (TPSA) is 32.3 Å². The number of hydrogen-bond acceptors (Lipinski definition) is 2. The summed E-state index contributed by atoms with van der Waals surface area (Å²) in [5, 5.41) is 14.3. The van der Waals surface area contributed by atoms with E-state index in [1.807, 2.05) is 0 Å². The molecule has 0 aromatic heterocycles. The first-order chi connectivity index (χ1) is 6.99. The Balaban J connectivity index is 1.86. The molecule has 4 saturated carbocycles. The van der Waals surface area contributed by atoms with Gasteiger partial charge in [-0.1, -0.05) is 13.8 Å². The fraction of sp³-hybridized carbons (Fsp3) is 1.00. The van der Waals surface area contributed by atoms with Crippen molar-refractivity contribution in [3.63, 3.8) is 0 Å². The lowest BCUT2D eigenvalue weighted by atomic mass is 9.51. The van der Waals surface area contributed by atoms with Gasteiger partial charge in [0.1, 0.15) is 0 Å². The lowest BCUT2D eigenvalue weighted by Gasteiger charge is -2.61. The number of aliphatic hydroxyl groups is 1. The van der Waals surface area contributed by atoms with Crippen LogP contribution in [0, 0.1) is 11.8 Å². The molecule has 0 radical (unpaired) electrons. The maximum Gasteiger partial charge on any atom is 0.0670 e. The van der Waals surface area contributed by atoms with Gasteiger partial charge in [-0.25, -0.2) is 0 Å². The summed E-state index contributed by atoms with van der Waals surface area (Å²) >= 11 is 0. The van der Waals surface area contributed by atoms with E-state index in [2.05, 4.69) is 19.2 Å². The molecule has 0 aliphatic heterocycles. The van der Waals surface area contributed by atoms with Crippen molar-refractivity contribution in [1.82, 2.24) is 5.32 Å². The minimum atomic E-state index is -0.314. The lowest BCUT2D eigenvalue weighted by Crippen LogP contribution is -2.65. The van der Waals surface area contributed by atoms with Crippen LogP contribution in [-0.2, 0) is 0 Å². The zero-order chi connectivity index (χ0) is 10.7. The Morgan fingerprint density at radius 3 is 2.20 bits per heavy atom. The van der Waals surface area contributed by atoms with Gasteiger partial charge < -0.3 is 10.4 Å². The van der Waals surface area contributed by atoms with Crippen LogP contribution in [0.25, 0.3) is 0 Å². The van der Waals surface area contributed by atoms with Crippen molar-refractivity contribution in [1.29, 1.82) is 0 Å². The highest BCUT2D eigenvalue weighted by Crippen LogP contribution is 2.57. The van der Waals surface area contributed by atoms with Gasteiger partial charge in [0, 0.05) is 11.6 Å². The van der Waals surface area contributed by atoms with Crippen LogP contribution in [0.2, 0.25) is 0 Å². The fourth-order valence-corrected chi connectivity index (χ4v) is 5.00. The minimum Gasteiger partial charge on any atom is -0.390 e. The van der Waals surface area contributed by atoms with Gasteiger partial charge >= 0.3 is 0 Å². The smallest absolute Gasteiger partial charge is 0.0670 e. The molecule has 0 aromatic rings. The zero-order valence-corrected chi connectivity index (χ0v) is 9.92. The first-order valence-corrected chi connectivity index (χ1v) is 6.49. The molecule has 4 aliphatic rings. The Morgan fingerprint density at radius 2 is 1.73 bits per heavy atom. The molecule has 2 unspecified atom stereocenters. The summed E-state index contributed by atoms with van der Waals surface area (Å²) in [4.78, 5) is 0. The van der Waals surface area contributed by atoms with E-state index >= 15 is 0 Å². The van der Waals surface area contributed by atoms with E-state index in [0.717, 1.165) is 31.1 Å². The molecule has 0 heterocycles. The summed E-state index contributed by atoms with van der Waals surface area (Å²) in [6.45, 7) is 4.45. The maximum atomic E-state index is 10.5. The van der Waals surface area contributed by atoms with Crippen LogP contribution in [0.4, 0.5) is 0 Å². The molecule has 0 aromatic carbocycles. The quantitative estimate of drug-likeness (QED) is 0.729.